The maximum Gasteiger partial charge on any atom is 0.251 e. The van der Waals surface area contributed by atoms with E-state index in [1.54, 1.807) is 0 Å². The zero-order chi connectivity index (χ0) is 19.9. The van der Waals surface area contributed by atoms with Crippen molar-refractivity contribution in [2.24, 2.45) is 5.73 Å². The number of ether oxygens (including phenoxy) is 1. The Bertz CT molecular complexity index is 889. The molecule has 4 rings (SSSR count). The Morgan fingerprint density at radius 2 is 2.07 bits per heavy atom. The Labute approximate surface area is 162 Å². The summed E-state index contributed by atoms with van der Waals surface area (Å²) in [5.41, 5.74) is 5.79. The number of halogens is 2. The highest BCUT2D eigenvalue weighted by Crippen LogP contribution is 2.42. The molecule has 2 atom stereocenters. The molecule has 1 saturated heterocycles. The lowest BCUT2D eigenvalue weighted by Gasteiger charge is -2.37. The molecule has 0 radical (unpaired) electrons. The summed E-state index contributed by atoms with van der Waals surface area (Å²) in [7, 11) is 0. The van der Waals surface area contributed by atoms with E-state index in [1.165, 1.54) is 0 Å². The van der Waals surface area contributed by atoms with Gasteiger partial charge in [-0.2, -0.15) is 0 Å². The lowest BCUT2D eigenvalue weighted by Crippen LogP contribution is -2.43. The number of primary amides is 1. The third-order valence-electron chi connectivity index (χ3n) is 6.00. The molecular weight excluding hydrogens is 366 g/mol. The number of amides is 1. The fourth-order valence-corrected chi connectivity index (χ4v) is 4.81. The SMILES string of the molecule is NC(=O)c1c(C[C@]2(O)CCCC(F)(F)C2)n(C[C@@H]2CCCO2)c2ccccc12. The van der Waals surface area contributed by atoms with Crippen LogP contribution in [0.2, 0.25) is 0 Å². The molecule has 7 heteroatoms. The van der Waals surface area contributed by atoms with Crippen LogP contribution in [0.3, 0.4) is 0 Å². The summed E-state index contributed by atoms with van der Waals surface area (Å²) in [4.78, 5) is 12.3. The number of alkyl halides is 2. The quantitative estimate of drug-likeness (QED) is 0.819. The first kappa shape index (κ1) is 19.3. The number of nitrogens with zero attached hydrogens (tertiary/aromatic N) is 1. The van der Waals surface area contributed by atoms with Gasteiger partial charge in [0.05, 0.1) is 17.3 Å². The Balaban J connectivity index is 1.80. The molecule has 1 amide bonds. The van der Waals surface area contributed by atoms with Crippen LogP contribution in [0.25, 0.3) is 10.9 Å². The molecule has 1 saturated carbocycles. The number of aromatic nitrogens is 1. The predicted molar refractivity (Wildman–Crippen MR) is 101 cm³/mol. The lowest BCUT2D eigenvalue weighted by molar-refractivity contribution is -0.124. The van der Waals surface area contributed by atoms with Crippen LogP contribution < -0.4 is 5.73 Å². The molecule has 0 bridgehead atoms. The summed E-state index contributed by atoms with van der Waals surface area (Å²) in [5.74, 6) is -3.51. The van der Waals surface area contributed by atoms with Crippen LogP contribution >= 0.6 is 0 Å². The minimum Gasteiger partial charge on any atom is -0.389 e. The molecule has 2 aromatic rings. The summed E-state index contributed by atoms with van der Waals surface area (Å²) >= 11 is 0. The number of carbonyl (C=O) groups is 1. The van der Waals surface area contributed by atoms with E-state index in [0.717, 1.165) is 18.4 Å². The van der Waals surface area contributed by atoms with Gasteiger partial charge in [0.25, 0.3) is 11.8 Å². The Morgan fingerprint density at radius 1 is 1.29 bits per heavy atom. The zero-order valence-corrected chi connectivity index (χ0v) is 15.8. The molecule has 1 aromatic carbocycles. The molecule has 152 valence electrons. The molecular formula is C21H26F2N2O3. The lowest BCUT2D eigenvalue weighted by atomic mass is 9.79. The van der Waals surface area contributed by atoms with E-state index in [1.807, 2.05) is 28.8 Å². The maximum absolute atomic E-state index is 14.0. The van der Waals surface area contributed by atoms with Gasteiger partial charge in [0.2, 0.25) is 0 Å². The maximum atomic E-state index is 14.0. The van der Waals surface area contributed by atoms with Crippen molar-refractivity contribution in [3.8, 4) is 0 Å². The highest BCUT2D eigenvalue weighted by atomic mass is 19.3. The largest absolute Gasteiger partial charge is 0.389 e. The van der Waals surface area contributed by atoms with Crippen molar-refractivity contribution in [1.82, 2.24) is 4.57 Å². The van der Waals surface area contributed by atoms with Gasteiger partial charge in [-0.15, -0.1) is 0 Å². The van der Waals surface area contributed by atoms with Gasteiger partial charge in [-0.25, -0.2) is 8.78 Å². The van der Waals surface area contributed by atoms with Crippen molar-refractivity contribution in [2.45, 2.75) is 69.1 Å². The number of para-hydroxylation sites is 1. The fraction of sp³-hybridized carbons (Fsp3) is 0.571. The van der Waals surface area contributed by atoms with Crippen molar-refractivity contribution >= 4 is 16.8 Å². The second-order valence-corrected chi connectivity index (χ2v) is 8.24. The first-order valence-corrected chi connectivity index (χ1v) is 9.90. The number of hydrogen-bond acceptors (Lipinski definition) is 3. The van der Waals surface area contributed by atoms with Crippen LogP contribution in [-0.4, -0.2) is 39.8 Å². The minimum absolute atomic E-state index is 0.00211. The zero-order valence-electron chi connectivity index (χ0n) is 15.8. The van der Waals surface area contributed by atoms with E-state index in [9.17, 15) is 18.7 Å². The molecule has 28 heavy (non-hydrogen) atoms. The minimum atomic E-state index is -2.90. The topological polar surface area (TPSA) is 77.5 Å². The fourth-order valence-electron chi connectivity index (χ4n) is 4.81. The van der Waals surface area contributed by atoms with Crippen LogP contribution in [0, 0.1) is 0 Å². The Hall–Kier alpha value is -1.99. The summed E-state index contributed by atoms with van der Waals surface area (Å²) in [6.07, 6.45) is 1.57. The number of hydrogen-bond donors (Lipinski definition) is 2. The first-order valence-electron chi connectivity index (χ1n) is 9.90. The monoisotopic (exact) mass is 392 g/mol. The molecule has 0 unspecified atom stereocenters. The molecule has 1 aliphatic heterocycles. The van der Waals surface area contributed by atoms with Crippen LogP contribution in [0.15, 0.2) is 24.3 Å². The van der Waals surface area contributed by atoms with Crippen molar-refractivity contribution in [3.63, 3.8) is 0 Å². The first-order chi connectivity index (χ1) is 13.3. The molecule has 0 spiro atoms. The van der Waals surface area contributed by atoms with Crippen molar-refractivity contribution in [1.29, 1.82) is 0 Å². The van der Waals surface area contributed by atoms with E-state index in [2.05, 4.69) is 0 Å². The smallest absolute Gasteiger partial charge is 0.251 e. The molecule has 5 nitrogen and oxygen atoms in total. The van der Waals surface area contributed by atoms with Crippen molar-refractivity contribution < 1.29 is 23.4 Å². The summed E-state index contributed by atoms with van der Waals surface area (Å²) in [6.45, 7) is 1.20. The average Bonchev–Trinajstić information content (AvgIpc) is 3.21. The van der Waals surface area contributed by atoms with Gasteiger partial charge >= 0.3 is 0 Å². The van der Waals surface area contributed by atoms with Crippen LogP contribution in [0.1, 0.15) is 54.6 Å². The van der Waals surface area contributed by atoms with Crippen LogP contribution in [0.4, 0.5) is 8.78 Å². The average molecular weight is 392 g/mol. The van der Waals surface area contributed by atoms with Crippen LogP contribution in [-0.2, 0) is 17.7 Å². The number of rotatable bonds is 5. The molecule has 1 aliphatic carbocycles. The van der Waals surface area contributed by atoms with Gasteiger partial charge in [0.15, 0.2) is 0 Å². The highest BCUT2D eigenvalue weighted by molar-refractivity contribution is 6.07. The highest BCUT2D eigenvalue weighted by Gasteiger charge is 2.45. The van der Waals surface area contributed by atoms with E-state index in [0.29, 0.717) is 29.8 Å². The summed E-state index contributed by atoms with van der Waals surface area (Å²) < 4.78 is 35.7. The second kappa shape index (κ2) is 7.12. The predicted octanol–water partition coefficient (Wildman–Crippen LogP) is 3.40. The van der Waals surface area contributed by atoms with Gasteiger partial charge in [0.1, 0.15) is 0 Å². The number of nitrogens with two attached hydrogens (primary N) is 1. The van der Waals surface area contributed by atoms with Gasteiger partial charge < -0.3 is 20.1 Å². The van der Waals surface area contributed by atoms with E-state index in [4.69, 9.17) is 10.5 Å². The van der Waals surface area contributed by atoms with Gasteiger partial charge in [-0.3, -0.25) is 4.79 Å². The summed E-state index contributed by atoms with van der Waals surface area (Å²) in [5, 5.41) is 11.7. The van der Waals surface area contributed by atoms with Gasteiger partial charge in [0, 0.05) is 49.0 Å². The van der Waals surface area contributed by atoms with E-state index >= 15 is 0 Å². The Morgan fingerprint density at radius 3 is 2.75 bits per heavy atom. The van der Waals surface area contributed by atoms with Crippen molar-refractivity contribution in [2.75, 3.05) is 6.61 Å². The van der Waals surface area contributed by atoms with Gasteiger partial charge in [-0.05, 0) is 31.7 Å². The number of benzene rings is 1. The number of carbonyl (C=O) groups excluding carboxylic acids is 1. The molecule has 2 aliphatic rings. The molecule has 1 aromatic heterocycles. The molecule has 2 fully saturated rings. The number of fused-ring (bicyclic) bond motifs is 1. The second-order valence-electron chi connectivity index (χ2n) is 8.24. The molecule has 3 N–H and O–H groups in total. The van der Waals surface area contributed by atoms with Crippen LogP contribution in [0.5, 0.6) is 0 Å². The third kappa shape index (κ3) is 3.65. The van der Waals surface area contributed by atoms with E-state index in [-0.39, 0.29) is 31.8 Å². The normalized spacial score (nSPS) is 27.3. The third-order valence-corrected chi connectivity index (χ3v) is 6.00. The Kier molecular flexibility index (Phi) is 4.91. The van der Waals surface area contributed by atoms with Crippen molar-refractivity contribution in [3.05, 3.63) is 35.5 Å². The number of aliphatic hydroxyl groups is 1. The molecule has 2 heterocycles. The van der Waals surface area contributed by atoms with E-state index < -0.39 is 23.9 Å². The summed E-state index contributed by atoms with van der Waals surface area (Å²) in [6, 6.07) is 7.38. The standard InChI is InChI=1S/C21H26F2N2O3/c22-21(23)9-4-8-20(27,13-21)11-17-18(19(24)26)15-6-1-2-7-16(15)25(17)12-14-5-3-10-28-14/h1-2,6-7,14,27H,3-5,8-13H2,(H2,24,26)/t14-,20+/m0/s1. The van der Waals surface area contributed by atoms with Gasteiger partial charge in [-0.1, -0.05) is 18.2 Å².